The van der Waals surface area contributed by atoms with E-state index in [0.29, 0.717) is 6.04 Å². The summed E-state index contributed by atoms with van der Waals surface area (Å²) in [5.41, 5.74) is 1.18. The smallest absolute Gasteiger partial charge is 0.0340 e. The molecule has 0 aliphatic carbocycles. The van der Waals surface area contributed by atoms with Gasteiger partial charge in [0.1, 0.15) is 0 Å². The van der Waals surface area contributed by atoms with Crippen molar-refractivity contribution in [1.29, 1.82) is 0 Å². The summed E-state index contributed by atoms with van der Waals surface area (Å²) < 4.78 is 0. The van der Waals surface area contributed by atoms with Crippen LogP contribution in [0.15, 0.2) is 30.3 Å². The largest absolute Gasteiger partial charge is 0.383 e. The van der Waals surface area contributed by atoms with E-state index >= 15 is 0 Å². The minimum atomic E-state index is 0.505. The predicted octanol–water partition coefficient (Wildman–Crippen LogP) is 1.71. The molecule has 0 amide bonds. The molecular weight excluding hydrogens is 148 g/mol. The van der Waals surface area contributed by atoms with Crippen molar-refractivity contribution < 1.29 is 0 Å². The van der Waals surface area contributed by atoms with Crippen molar-refractivity contribution in [3.05, 3.63) is 30.3 Å². The van der Waals surface area contributed by atoms with Gasteiger partial charge in [0.15, 0.2) is 0 Å². The molecule has 2 N–H and O–H groups in total. The Morgan fingerprint density at radius 2 is 1.92 bits per heavy atom. The Kier molecular flexibility index (Phi) is 3.61. The molecule has 66 valence electrons. The summed E-state index contributed by atoms with van der Waals surface area (Å²) in [6, 6.07) is 10.7. The van der Waals surface area contributed by atoms with Crippen molar-refractivity contribution in [3.63, 3.8) is 0 Å². The second-order valence-electron chi connectivity index (χ2n) is 2.94. The highest BCUT2D eigenvalue weighted by Crippen LogP contribution is 2.04. The summed E-state index contributed by atoms with van der Waals surface area (Å²) in [6.45, 7) is 3.11. The van der Waals surface area contributed by atoms with Gasteiger partial charge in [-0.25, -0.2) is 0 Å². The molecule has 1 atom stereocenters. The molecule has 0 saturated carbocycles. The number of anilines is 1. The summed E-state index contributed by atoms with van der Waals surface area (Å²) in [6.07, 6.45) is 0. The lowest BCUT2D eigenvalue weighted by molar-refractivity contribution is 0.638. The van der Waals surface area contributed by atoms with Crippen LogP contribution in [0.2, 0.25) is 0 Å². The van der Waals surface area contributed by atoms with Crippen molar-refractivity contribution in [2.75, 3.05) is 18.9 Å². The molecule has 1 aromatic carbocycles. The molecule has 12 heavy (non-hydrogen) atoms. The van der Waals surface area contributed by atoms with Gasteiger partial charge in [0.25, 0.3) is 0 Å². The minimum absolute atomic E-state index is 0.505. The Hall–Kier alpha value is -1.02. The molecule has 0 fully saturated rings. The highest BCUT2D eigenvalue weighted by Gasteiger charge is 1.95. The molecule has 1 aromatic rings. The fourth-order valence-corrected chi connectivity index (χ4v) is 0.929. The van der Waals surface area contributed by atoms with Crippen LogP contribution in [0.4, 0.5) is 5.69 Å². The average molecular weight is 164 g/mol. The lowest BCUT2D eigenvalue weighted by atomic mass is 10.3. The molecule has 0 aliphatic heterocycles. The maximum atomic E-state index is 3.33. The molecule has 0 aliphatic rings. The summed E-state index contributed by atoms with van der Waals surface area (Å²) in [7, 11) is 1.97. The average Bonchev–Trinajstić information content (AvgIpc) is 2.16. The lowest BCUT2D eigenvalue weighted by Crippen LogP contribution is -2.29. The van der Waals surface area contributed by atoms with Crippen LogP contribution in [-0.4, -0.2) is 19.6 Å². The van der Waals surface area contributed by atoms with E-state index in [1.807, 2.05) is 25.2 Å². The number of rotatable bonds is 4. The first kappa shape index (κ1) is 9.07. The second kappa shape index (κ2) is 4.78. The van der Waals surface area contributed by atoms with E-state index in [1.54, 1.807) is 0 Å². The summed E-state index contributed by atoms with van der Waals surface area (Å²) in [5, 5.41) is 6.51. The van der Waals surface area contributed by atoms with Crippen molar-refractivity contribution in [3.8, 4) is 0 Å². The Labute approximate surface area is 74.0 Å². The SMILES string of the molecule is CN[C@@H](C)CNc1ccccc1. The van der Waals surface area contributed by atoms with Gasteiger partial charge in [-0.1, -0.05) is 18.2 Å². The number of likely N-dealkylation sites (N-methyl/N-ethyl adjacent to an activating group) is 1. The second-order valence-corrected chi connectivity index (χ2v) is 2.94. The third-order valence-corrected chi connectivity index (χ3v) is 1.88. The summed E-state index contributed by atoms with van der Waals surface area (Å²) in [4.78, 5) is 0. The number of hydrogen-bond donors (Lipinski definition) is 2. The zero-order valence-electron chi connectivity index (χ0n) is 7.67. The van der Waals surface area contributed by atoms with Gasteiger partial charge >= 0.3 is 0 Å². The Balaban J connectivity index is 2.33. The molecule has 0 saturated heterocycles. The van der Waals surface area contributed by atoms with Gasteiger partial charge in [-0.15, -0.1) is 0 Å². The quantitative estimate of drug-likeness (QED) is 0.708. The Morgan fingerprint density at radius 3 is 2.50 bits per heavy atom. The molecule has 1 rings (SSSR count). The van der Waals surface area contributed by atoms with Crippen LogP contribution in [0.1, 0.15) is 6.92 Å². The summed E-state index contributed by atoms with van der Waals surface area (Å²) in [5.74, 6) is 0. The van der Waals surface area contributed by atoms with Crippen LogP contribution >= 0.6 is 0 Å². The van der Waals surface area contributed by atoms with Gasteiger partial charge in [-0.2, -0.15) is 0 Å². The van der Waals surface area contributed by atoms with Crippen LogP contribution in [0.5, 0.6) is 0 Å². The van der Waals surface area contributed by atoms with Crippen LogP contribution in [0.25, 0.3) is 0 Å². The number of para-hydroxylation sites is 1. The molecule has 0 unspecified atom stereocenters. The van der Waals surface area contributed by atoms with E-state index in [-0.39, 0.29) is 0 Å². The van der Waals surface area contributed by atoms with E-state index in [9.17, 15) is 0 Å². The first-order valence-electron chi connectivity index (χ1n) is 4.29. The molecule has 0 radical (unpaired) electrons. The van der Waals surface area contributed by atoms with E-state index in [2.05, 4.69) is 29.7 Å². The molecule has 0 aromatic heterocycles. The fraction of sp³-hybridized carbons (Fsp3) is 0.400. The number of benzene rings is 1. The Bertz CT molecular complexity index is 208. The molecule has 2 nitrogen and oxygen atoms in total. The van der Waals surface area contributed by atoms with Crippen LogP contribution < -0.4 is 10.6 Å². The fourth-order valence-electron chi connectivity index (χ4n) is 0.929. The molecule has 0 heterocycles. The van der Waals surface area contributed by atoms with Gasteiger partial charge < -0.3 is 10.6 Å². The van der Waals surface area contributed by atoms with Crippen LogP contribution in [0.3, 0.4) is 0 Å². The van der Waals surface area contributed by atoms with Crippen LogP contribution in [0, 0.1) is 0 Å². The molecule has 2 heteroatoms. The van der Waals surface area contributed by atoms with Crippen LogP contribution in [-0.2, 0) is 0 Å². The third-order valence-electron chi connectivity index (χ3n) is 1.88. The molecule has 0 bridgehead atoms. The zero-order valence-corrected chi connectivity index (χ0v) is 7.67. The Morgan fingerprint density at radius 1 is 1.25 bits per heavy atom. The summed E-state index contributed by atoms with van der Waals surface area (Å²) >= 11 is 0. The van der Waals surface area contributed by atoms with Crippen molar-refractivity contribution in [2.24, 2.45) is 0 Å². The van der Waals surface area contributed by atoms with Gasteiger partial charge in [0.2, 0.25) is 0 Å². The van der Waals surface area contributed by atoms with Crippen molar-refractivity contribution in [2.45, 2.75) is 13.0 Å². The highest BCUT2D eigenvalue weighted by atomic mass is 15.0. The highest BCUT2D eigenvalue weighted by molar-refractivity contribution is 5.42. The minimum Gasteiger partial charge on any atom is -0.383 e. The van der Waals surface area contributed by atoms with Gasteiger partial charge in [0, 0.05) is 18.3 Å². The number of hydrogen-bond acceptors (Lipinski definition) is 2. The van der Waals surface area contributed by atoms with E-state index in [0.717, 1.165) is 6.54 Å². The molecule has 0 spiro atoms. The van der Waals surface area contributed by atoms with Crippen molar-refractivity contribution >= 4 is 5.69 Å². The normalized spacial score (nSPS) is 12.5. The molecular formula is C10H16N2. The van der Waals surface area contributed by atoms with Crippen molar-refractivity contribution in [1.82, 2.24) is 5.32 Å². The predicted molar refractivity (Wildman–Crippen MR) is 53.5 cm³/mol. The van der Waals surface area contributed by atoms with E-state index in [1.165, 1.54) is 5.69 Å². The maximum absolute atomic E-state index is 3.33. The monoisotopic (exact) mass is 164 g/mol. The third kappa shape index (κ3) is 2.93. The first-order valence-corrected chi connectivity index (χ1v) is 4.29. The van der Waals surface area contributed by atoms with Gasteiger partial charge in [-0.3, -0.25) is 0 Å². The van der Waals surface area contributed by atoms with Gasteiger partial charge in [0.05, 0.1) is 0 Å². The maximum Gasteiger partial charge on any atom is 0.0340 e. The number of nitrogens with one attached hydrogen (secondary N) is 2. The van der Waals surface area contributed by atoms with E-state index in [4.69, 9.17) is 0 Å². The van der Waals surface area contributed by atoms with E-state index < -0.39 is 0 Å². The standard InChI is InChI=1S/C10H16N2/c1-9(11-2)8-12-10-6-4-3-5-7-10/h3-7,9,11-12H,8H2,1-2H3/t9-/m0/s1. The topological polar surface area (TPSA) is 24.1 Å². The zero-order chi connectivity index (χ0) is 8.81. The lowest BCUT2D eigenvalue weighted by Gasteiger charge is -2.11. The first-order chi connectivity index (χ1) is 5.83. The van der Waals surface area contributed by atoms with Gasteiger partial charge in [-0.05, 0) is 26.1 Å².